The number of likely N-dealkylation sites (tertiary alicyclic amines) is 1. The zero-order valence-electron chi connectivity index (χ0n) is 16.1. The molecule has 0 radical (unpaired) electrons. The molecular formula is C17H36IN5O. The molecule has 0 aromatic rings. The van der Waals surface area contributed by atoms with Crippen LogP contribution in [0.15, 0.2) is 4.99 Å². The van der Waals surface area contributed by atoms with Crippen LogP contribution in [0.3, 0.4) is 0 Å². The summed E-state index contributed by atoms with van der Waals surface area (Å²) in [5.74, 6) is 2.20. The molecule has 0 aliphatic carbocycles. The highest BCUT2D eigenvalue weighted by Gasteiger charge is 2.21. The molecule has 1 heterocycles. The molecule has 2 atom stereocenters. The molecule has 2 unspecified atom stereocenters. The quantitative estimate of drug-likeness (QED) is 0.337. The summed E-state index contributed by atoms with van der Waals surface area (Å²) in [5.41, 5.74) is -0.211. The molecule has 1 saturated heterocycles. The van der Waals surface area contributed by atoms with Crippen molar-refractivity contribution in [1.82, 2.24) is 20.9 Å². The van der Waals surface area contributed by atoms with E-state index in [0.717, 1.165) is 24.9 Å². The minimum atomic E-state index is -0.211. The summed E-state index contributed by atoms with van der Waals surface area (Å²) >= 11 is 0. The van der Waals surface area contributed by atoms with E-state index in [2.05, 4.69) is 39.7 Å². The lowest BCUT2D eigenvalue weighted by Gasteiger charge is -2.35. The van der Waals surface area contributed by atoms with Crippen LogP contribution in [-0.2, 0) is 4.79 Å². The number of nitrogens with one attached hydrogen (secondary N) is 3. The lowest BCUT2D eigenvalue weighted by atomic mass is 9.92. The highest BCUT2D eigenvalue weighted by Crippen LogP contribution is 2.20. The number of aliphatic imine (C=N–C) groups is 1. The van der Waals surface area contributed by atoms with Gasteiger partial charge in [0, 0.05) is 38.8 Å². The van der Waals surface area contributed by atoms with E-state index in [-0.39, 0.29) is 42.0 Å². The number of hydrogen-bond donors (Lipinski definition) is 3. The Hall–Kier alpha value is -0.570. The zero-order chi connectivity index (χ0) is 17.5. The van der Waals surface area contributed by atoms with Crippen LogP contribution in [0.1, 0.15) is 41.0 Å². The molecule has 142 valence electrons. The predicted molar refractivity (Wildman–Crippen MR) is 112 cm³/mol. The standard InChI is InChI=1S/C17H35N5O.HI/c1-13-9-14(2)12-22(11-13)8-7-19-16(18-6)20-10-15(23)21-17(3,4)5;/h13-14H,7-12H2,1-6H3,(H,21,23)(H2,18,19,20);1H. The van der Waals surface area contributed by atoms with Crippen LogP contribution in [0.4, 0.5) is 0 Å². The van der Waals surface area contributed by atoms with Gasteiger partial charge < -0.3 is 20.9 Å². The minimum absolute atomic E-state index is 0. The molecule has 0 spiro atoms. The molecule has 24 heavy (non-hydrogen) atoms. The molecule has 1 aliphatic heterocycles. The maximum atomic E-state index is 11.8. The lowest BCUT2D eigenvalue weighted by molar-refractivity contribution is -0.121. The summed E-state index contributed by atoms with van der Waals surface area (Å²) < 4.78 is 0. The smallest absolute Gasteiger partial charge is 0.239 e. The number of rotatable bonds is 5. The van der Waals surface area contributed by atoms with Crippen LogP contribution >= 0.6 is 24.0 Å². The molecule has 7 heteroatoms. The Morgan fingerprint density at radius 2 is 1.75 bits per heavy atom. The van der Waals surface area contributed by atoms with Gasteiger partial charge in [-0.05, 0) is 39.0 Å². The van der Waals surface area contributed by atoms with Crippen LogP contribution < -0.4 is 16.0 Å². The Balaban J connectivity index is 0.00000529. The van der Waals surface area contributed by atoms with Crippen molar-refractivity contribution >= 4 is 35.8 Å². The fraction of sp³-hybridized carbons (Fsp3) is 0.882. The molecule has 1 aliphatic rings. The van der Waals surface area contributed by atoms with E-state index in [0.29, 0.717) is 5.96 Å². The summed E-state index contributed by atoms with van der Waals surface area (Å²) in [6, 6.07) is 0. The van der Waals surface area contributed by atoms with E-state index >= 15 is 0 Å². The van der Waals surface area contributed by atoms with Gasteiger partial charge in [0.15, 0.2) is 5.96 Å². The monoisotopic (exact) mass is 453 g/mol. The first-order valence-electron chi connectivity index (χ1n) is 8.67. The van der Waals surface area contributed by atoms with Gasteiger partial charge in [0.1, 0.15) is 0 Å². The van der Waals surface area contributed by atoms with E-state index in [1.807, 2.05) is 20.8 Å². The van der Waals surface area contributed by atoms with Crippen molar-refractivity contribution in [1.29, 1.82) is 0 Å². The number of amides is 1. The zero-order valence-corrected chi connectivity index (χ0v) is 18.4. The molecule has 0 saturated carbocycles. The van der Waals surface area contributed by atoms with E-state index < -0.39 is 0 Å². The topological polar surface area (TPSA) is 68.8 Å². The summed E-state index contributed by atoms with van der Waals surface area (Å²) in [4.78, 5) is 18.5. The van der Waals surface area contributed by atoms with Crippen LogP contribution in [0.2, 0.25) is 0 Å². The first kappa shape index (κ1) is 23.4. The number of hydrogen-bond acceptors (Lipinski definition) is 3. The van der Waals surface area contributed by atoms with Crippen LogP contribution in [0.5, 0.6) is 0 Å². The van der Waals surface area contributed by atoms with Gasteiger partial charge >= 0.3 is 0 Å². The first-order chi connectivity index (χ1) is 10.7. The average molecular weight is 453 g/mol. The van der Waals surface area contributed by atoms with E-state index in [1.54, 1.807) is 7.05 Å². The van der Waals surface area contributed by atoms with Gasteiger partial charge in [0.25, 0.3) is 0 Å². The Morgan fingerprint density at radius 1 is 1.17 bits per heavy atom. The minimum Gasteiger partial charge on any atom is -0.355 e. The fourth-order valence-electron chi connectivity index (χ4n) is 3.15. The summed E-state index contributed by atoms with van der Waals surface area (Å²) in [7, 11) is 1.72. The van der Waals surface area contributed by atoms with Gasteiger partial charge in [-0.3, -0.25) is 9.79 Å². The van der Waals surface area contributed by atoms with Crippen LogP contribution in [-0.4, -0.2) is 62.1 Å². The van der Waals surface area contributed by atoms with Crippen molar-refractivity contribution in [2.45, 2.75) is 46.6 Å². The normalized spacial score (nSPS) is 22.5. The van der Waals surface area contributed by atoms with Gasteiger partial charge in [-0.1, -0.05) is 13.8 Å². The van der Waals surface area contributed by atoms with Crippen molar-refractivity contribution in [2.75, 3.05) is 39.8 Å². The van der Waals surface area contributed by atoms with Crippen molar-refractivity contribution in [2.24, 2.45) is 16.8 Å². The number of piperidine rings is 1. The molecule has 1 fully saturated rings. The SMILES string of the molecule is CN=C(NCCN1CC(C)CC(C)C1)NCC(=O)NC(C)(C)C.I. The molecular weight excluding hydrogens is 417 g/mol. The second kappa shape index (κ2) is 11.1. The van der Waals surface area contributed by atoms with Crippen molar-refractivity contribution in [3.05, 3.63) is 0 Å². The summed E-state index contributed by atoms with van der Waals surface area (Å²) in [6.45, 7) is 15.0. The molecule has 0 aromatic heterocycles. The third kappa shape index (κ3) is 10.3. The molecule has 1 amide bonds. The van der Waals surface area contributed by atoms with E-state index in [4.69, 9.17) is 0 Å². The second-order valence-electron chi connectivity index (χ2n) is 7.86. The number of carbonyl (C=O) groups is 1. The van der Waals surface area contributed by atoms with Gasteiger partial charge in [0.2, 0.25) is 5.91 Å². The van der Waals surface area contributed by atoms with Gasteiger partial charge in [-0.25, -0.2) is 0 Å². The summed E-state index contributed by atoms with van der Waals surface area (Å²) in [5, 5.41) is 9.26. The van der Waals surface area contributed by atoms with Crippen molar-refractivity contribution in [3.8, 4) is 0 Å². The molecule has 1 rings (SSSR count). The maximum Gasteiger partial charge on any atom is 0.239 e. The number of halogens is 1. The first-order valence-corrected chi connectivity index (χ1v) is 8.67. The second-order valence-corrected chi connectivity index (χ2v) is 7.86. The number of carbonyl (C=O) groups excluding carboxylic acids is 1. The van der Waals surface area contributed by atoms with Crippen LogP contribution in [0.25, 0.3) is 0 Å². The highest BCUT2D eigenvalue weighted by atomic mass is 127. The van der Waals surface area contributed by atoms with E-state index in [9.17, 15) is 4.79 Å². The van der Waals surface area contributed by atoms with Gasteiger partial charge in [-0.2, -0.15) is 0 Å². The number of nitrogens with zero attached hydrogens (tertiary/aromatic N) is 2. The maximum absolute atomic E-state index is 11.8. The molecule has 6 nitrogen and oxygen atoms in total. The van der Waals surface area contributed by atoms with Crippen molar-refractivity contribution in [3.63, 3.8) is 0 Å². The van der Waals surface area contributed by atoms with Gasteiger partial charge in [-0.15, -0.1) is 24.0 Å². The third-order valence-corrected chi connectivity index (χ3v) is 3.82. The largest absolute Gasteiger partial charge is 0.355 e. The molecule has 0 aromatic carbocycles. The predicted octanol–water partition coefficient (Wildman–Crippen LogP) is 1.66. The lowest BCUT2D eigenvalue weighted by Crippen LogP contribution is -2.49. The Bertz CT molecular complexity index is 398. The average Bonchev–Trinajstić information content (AvgIpc) is 2.39. The summed E-state index contributed by atoms with van der Waals surface area (Å²) in [6.07, 6.45) is 1.33. The van der Waals surface area contributed by atoms with Crippen molar-refractivity contribution < 1.29 is 4.79 Å². The Kier molecular flexibility index (Phi) is 10.9. The Labute approximate surface area is 164 Å². The van der Waals surface area contributed by atoms with Gasteiger partial charge in [0.05, 0.1) is 6.54 Å². The van der Waals surface area contributed by atoms with E-state index in [1.165, 1.54) is 19.5 Å². The number of guanidine groups is 1. The fourth-order valence-corrected chi connectivity index (χ4v) is 3.15. The van der Waals surface area contributed by atoms with Crippen LogP contribution in [0, 0.1) is 11.8 Å². The molecule has 0 bridgehead atoms. The third-order valence-electron chi connectivity index (χ3n) is 3.82. The Morgan fingerprint density at radius 3 is 2.25 bits per heavy atom. The molecule has 3 N–H and O–H groups in total. The highest BCUT2D eigenvalue weighted by molar-refractivity contribution is 14.0.